The molecule has 2 nitrogen and oxygen atoms in total. The number of carboxylic acid groups (broad SMARTS) is 1. The number of alkyl halides is 5. The van der Waals surface area contributed by atoms with Gasteiger partial charge in [0.15, 0.2) is 0 Å². The molecule has 0 aliphatic carbocycles. The fourth-order valence-corrected chi connectivity index (χ4v) is 1.25. The number of aryl methyl sites for hydroxylation is 1. The van der Waals surface area contributed by atoms with Crippen LogP contribution in [0.15, 0.2) is 18.2 Å². The lowest BCUT2D eigenvalue weighted by Crippen LogP contribution is -2.26. The molecule has 0 spiro atoms. The van der Waals surface area contributed by atoms with E-state index < -0.39 is 29.2 Å². The predicted octanol–water partition coefficient (Wildman–Crippen LogP) is 3.19. The Kier molecular flexibility index (Phi) is 3.13. The summed E-state index contributed by atoms with van der Waals surface area (Å²) in [7, 11) is 0. The summed E-state index contributed by atoms with van der Waals surface area (Å²) in [5, 5.41) is 8.23. The van der Waals surface area contributed by atoms with E-state index in [4.69, 9.17) is 5.11 Å². The number of aliphatic carboxylic acids is 1. The summed E-state index contributed by atoms with van der Waals surface area (Å²) in [5.41, 5.74) is -2.71. The maximum atomic E-state index is 13.0. The highest BCUT2D eigenvalue weighted by molar-refractivity contribution is 5.77. The van der Waals surface area contributed by atoms with Crippen molar-refractivity contribution in [3.63, 3.8) is 0 Å². The molecule has 0 heterocycles. The van der Waals surface area contributed by atoms with E-state index in [1.807, 2.05) is 0 Å². The van der Waals surface area contributed by atoms with Gasteiger partial charge in [0.25, 0.3) is 0 Å². The summed E-state index contributed by atoms with van der Waals surface area (Å²) in [5.74, 6) is -6.83. The standard InChI is InChI=1S/C10H7F5O2/c1-5-2-3-6(9(11,12)8(16)17)4-7(5)10(13,14)15/h2-4H,1H3,(H,16,17). The smallest absolute Gasteiger partial charge is 0.416 e. The first kappa shape index (κ1) is 13.4. The van der Waals surface area contributed by atoms with E-state index in [0.717, 1.165) is 13.0 Å². The van der Waals surface area contributed by atoms with Gasteiger partial charge in [0.1, 0.15) is 0 Å². The number of halogens is 5. The van der Waals surface area contributed by atoms with E-state index in [1.165, 1.54) is 0 Å². The molecule has 1 rings (SSSR count). The molecule has 17 heavy (non-hydrogen) atoms. The number of benzene rings is 1. The van der Waals surface area contributed by atoms with Gasteiger partial charge in [-0.15, -0.1) is 0 Å². The van der Waals surface area contributed by atoms with Crippen LogP contribution in [0, 0.1) is 6.92 Å². The lowest BCUT2D eigenvalue weighted by atomic mass is 10.0. The monoisotopic (exact) mass is 254 g/mol. The van der Waals surface area contributed by atoms with Crippen molar-refractivity contribution < 1.29 is 31.9 Å². The quantitative estimate of drug-likeness (QED) is 0.823. The molecule has 1 aromatic carbocycles. The highest BCUT2D eigenvalue weighted by Gasteiger charge is 2.43. The van der Waals surface area contributed by atoms with Crippen molar-refractivity contribution in [2.45, 2.75) is 19.0 Å². The molecule has 0 aromatic heterocycles. The van der Waals surface area contributed by atoms with Gasteiger partial charge in [-0.1, -0.05) is 12.1 Å². The van der Waals surface area contributed by atoms with Crippen molar-refractivity contribution in [1.29, 1.82) is 0 Å². The molecule has 0 aliphatic rings. The van der Waals surface area contributed by atoms with Crippen LogP contribution in [-0.4, -0.2) is 11.1 Å². The molecule has 0 unspecified atom stereocenters. The minimum absolute atomic E-state index is 0.156. The zero-order chi connectivity index (χ0) is 13.4. The fraction of sp³-hybridized carbons (Fsp3) is 0.300. The highest BCUT2D eigenvalue weighted by atomic mass is 19.4. The third kappa shape index (κ3) is 2.54. The summed E-state index contributed by atoms with van der Waals surface area (Å²) in [4.78, 5) is 10.2. The van der Waals surface area contributed by atoms with Crippen molar-refractivity contribution >= 4 is 5.97 Å². The van der Waals surface area contributed by atoms with Gasteiger partial charge in [-0.25, -0.2) is 4.79 Å². The maximum absolute atomic E-state index is 13.0. The Labute approximate surface area is 92.7 Å². The molecule has 0 amide bonds. The van der Waals surface area contributed by atoms with Crippen LogP contribution in [0.25, 0.3) is 0 Å². The van der Waals surface area contributed by atoms with Crippen LogP contribution in [0.3, 0.4) is 0 Å². The van der Waals surface area contributed by atoms with Gasteiger partial charge >= 0.3 is 18.1 Å². The normalized spacial score (nSPS) is 12.6. The largest absolute Gasteiger partial charge is 0.477 e. The number of hydrogen-bond donors (Lipinski definition) is 1. The zero-order valence-electron chi connectivity index (χ0n) is 8.48. The van der Waals surface area contributed by atoms with Crippen LogP contribution in [0.1, 0.15) is 16.7 Å². The van der Waals surface area contributed by atoms with E-state index >= 15 is 0 Å². The lowest BCUT2D eigenvalue weighted by molar-refractivity contribution is -0.166. The third-order valence-corrected chi connectivity index (χ3v) is 2.17. The summed E-state index contributed by atoms with van der Waals surface area (Å²) < 4.78 is 63.3. The van der Waals surface area contributed by atoms with Crippen LogP contribution in [0.5, 0.6) is 0 Å². The van der Waals surface area contributed by atoms with Crippen molar-refractivity contribution in [1.82, 2.24) is 0 Å². The number of carboxylic acids is 1. The third-order valence-electron chi connectivity index (χ3n) is 2.17. The van der Waals surface area contributed by atoms with Gasteiger partial charge in [-0.2, -0.15) is 22.0 Å². The second kappa shape index (κ2) is 3.97. The van der Waals surface area contributed by atoms with Crippen molar-refractivity contribution in [2.24, 2.45) is 0 Å². The van der Waals surface area contributed by atoms with Gasteiger partial charge in [-0.05, 0) is 18.6 Å². The van der Waals surface area contributed by atoms with Crippen molar-refractivity contribution in [3.05, 3.63) is 34.9 Å². The molecule has 0 bridgehead atoms. The first-order chi connectivity index (χ1) is 7.56. The fourth-order valence-electron chi connectivity index (χ4n) is 1.25. The maximum Gasteiger partial charge on any atom is 0.416 e. The average Bonchev–Trinajstić information content (AvgIpc) is 2.15. The summed E-state index contributed by atoms with van der Waals surface area (Å²) in [6, 6.07) is 1.64. The Balaban J connectivity index is 3.37. The summed E-state index contributed by atoms with van der Waals surface area (Å²) in [6.45, 7) is 1.10. The minimum Gasteiger partial charge on any atom is -0.477 e. The van der Waals surface area contributed by atoms with E-state index in [1.54, 1.807) is 0 Å². The zero-order valence-corrected chi connectivity index (χ0v) is 8.48. The van der Waals surface area contributed by atoms with E-state index in [-0.39, 0.29) is 11.6 Å². The van der Waals surface area contributed by atoms with Gasteiger partial charge in [0.2, 0.25) is 0 Å². The Morgan fingerprint density at radius 1 is 1.18 bits per heavy atom. The molecule has 0 saturated heterocycles. The van der Waals surface area contributed by atoms with Gasteiger partial charge in [0, 0.05) is 5.56 Å². The van der Waals surface area contributed by atoms with Crippen molar-refractivity contribution in [2.75, 3.05) is 0 Å². The second-order valence-corrected chi connectivity index (χ2v) is 3.41. The van der Waals surface area contributed by atoms with Gasteiger partial charge < -0.3 is 5.11 Å². The topological polar surface area (TPSA) is 37.3 Å². The van der Waals surface area contributed by atoms with Crippen LogP contribution < -0.4 is 0 Å². The molecule has 0 fully saturated rings. The van der Waals surface area contributed by atoms with Gasteiger partial charge in [-0.3, -0.25) is 0 Å². The van der Waals surface area contributed by atoms with E-state index in [0.29, 0.717) is 6.07 Å². The Hall–Kier alpha value is -1.66. The van der Waals surface area contributed by atoms with Crippen LogP contribution in [0.4, 0.5) is 22.0 Å². The molecule has 0 saturated carbocycles. The van der Waals surface area contributed by atoms with Crippen molar-refractivity contribution in [3.8, 4) is 0 Å². The molecule has 94 valence electrons. The molecule has 7 heteroatoms. The lowest BCUT2D eigenvalue weighted by Gasteiger charge is -2.15. The molecular weight excluding hydrogens is 247 g/mol. The minimum atomic E-state index is -4.80. The Morgan fingerprint density at radius 2 is 1.71 bits per heavy atom. The highest BCUT2D eigenvalue weighted by Crippen LogP contribution is 2.36. The molecule has 0 radical (unpaired) electrons. The van der Waals surface area contributed by atoms with Gasteiger partial charge in [0.05, 0.1) is 5.56 Å². The predicted molar refractivity (Wildman–Crippen MR) is 47.7 cm³/mol. The molecule has 0 aliphatic heterocycles. The number of hydrogen-bond acceptors (Lipinski definition) is 1. The van der Waals surface area contributed by atoms with Crippen LogP contribution in [0.2, 0.25) is 0 Å². The Bertz CT molecular complexity index is 450. The number of carbonyl (C=O) groups is 1. The molecule has 1 aromatic rings. The first-order valence-corrected chi connectivity index (χ1v) is 4.36. The number of rotatable bonds is 2. The average molecular weight is 254 g/mol. The van der Waals surface area contributed by atoms with Crippen LogP contribution >= 0.6 is 0 Å². The first-order valence-electron chi connectivity index (χ1n) is 4.36. The molecular formula is C10H7F5O2. The Morgan fingerprint density at radius 3 is 2.12 bits per heavy atom. The molecule has 0 atom stereocenters. The van der Waals surface area contributed by atoms with E-state index in [9.17, 15) is 26.7 Å². The SMILES string of the molecule is Cc1ccc(C(F)(F)C(=O)O)cc1C(F)(F)F. The summed E-state index contributed by atoms with van der Waals surface area (Å²) >= 11 is 0. The second-order valence-electron chi connectivity index (χ2n) is 3.41. The van der Waals surface area contributed by atoms with E-state index in [2.05, 4.69) is 0 Å². The molecule has 1 N–H and O–H groups in total. The summed E-state index contributed by atoms with van der Waals surface area (Å²) in [6.07, 6.45) is -4.80. The van der Waals surface area contributed by atoms with Crippen LogP contribution in [-0.2, 0) is 16.9 Å².